The molecule has 0 saturated carbocycles. The molecule has 0 amide bonds. The summed E-state index contributed by atoms with van der Waals surface area (Å²) in [5, 5.41) is 0.135. The average molecular weight is 369 g/mol. The first-order chi connectivity index (χ1) is 12.7. The molecule has 136 valence electrons. The van der Waals surface area contributed by atoms with Crippen LogP contribution < -0.4 is 4.90 Å². The molecule has 0 N–H and O–H groups in total. The summed E-state index contributed by atoms with van der Waals surface area (Å²) in [4.78, 5) is 32.6. The van der Waals surface area contributed by atoms with E-state index in [2.05, 4.69) is 14.8 Å². The Morgan fingerprint density at radius 2 is 1.65 bits per heavy atom. The number of pyridine rings is 1. The molecule has 1 fully saturated rings. The number of carbonyl (C=O) groups excluding carboxylic acids is 2. The number of aromatic nitrogens is 1. The number of Topliss-reactive ketones (excluding diaryl/α,β-unsaturated/α-hetero) is 1. The highest BCUT2D eigenvalue weighted by Gasteiger charge is 2.19. The average Bonchev–Trinajstić information content (AvgIpc) is 2.69. The molecule has 0 aliphatic carbocycles. The molecule has 2 aromatic rings. The van der Waals surface area contributed by atoms with Crippen LogP contribution in [0, 0.1) is 0 Å². The highest BCUT2D eigenvalue weighted by atomic mass is 32.2. The molecular weight excluding hydrogens is 346 g/mol. The predicted octanol–water partition coefficient (Wildman–Crippen LogP) is 2.52. The van der Waals surface area contributed by atoms with E-state index in [4.69, 9.17) is 0 Å². The molecule has 1 aromatic heterocycles. The molecule has 0 atom stereocenters. The van der Waals surface area contributed by atoms with Crippen molar-refractivity contribution in [2.45, 2.75) is 6.42 Å². The molecule has 1 aromatic carbocycles. The Labute approximate surface area is 158 Å². The van der Waals surface area contributed by atoms with Crippen LogP contribution in [0.3, 0.4) is 0 Å². The standard InChI is InChI=1S/C20H23N3O2S/c1-26-20(25)14-16-2-4-17(5-3-16)19(24)15-22-10-12-23(13-11-22)18-6-8-21-9-7-18/h2-9H,10-15H2,1H3. The maximum Gasteiger partial charge on any atom is 0.193 e. The monoisotopic (exact) mass is 369 g/mol. The minimum atomic E-state index is 0.130. The lowest BCUT2D eigenvalue weighted by Crippen LogP contribution is -2.48. The lowest BCUT2D eigenvalue weighted by molar-refractivity contribution is -0.110. The number of rotatable bonds is 6. The van der Waals surface area contributed by atoms with Crippen molar-refractivity contribution in [1.29, 1.82) is 0 Å². The summed E-state index contributed by atoms with van der Waals surface area (Å²) in [6, 6.07) is 11.5. The molecule has 0 unspecified atom stereocenters. The molecule has 0 radical (unpaired) electrons. The second-order valence-corrected chi connectivity index (χ2v) is 7.21. The van der Waals surface area contributed by atoms with Gasteiger partial charge in [0, 0.05) is 56.2 Å². The molecule has 1 aliphatic rings. The third kappa shape index (κ3) is 4.93. The summed E-state index contributed by atoms with van der Waals surface area (Å²) in [5.74, 6) is 0.130. The molecular formula is C20H23N3O2S. The van der Waals surface area contributed by atoms with E-state index in [1.54, 1.807) is 6.26 Å². The number of benzene rings is 1. The lowest BCUT2D eigenvalue weighted by Gasteiger charge is -2.35. The largest absolute Gasteiger partial charge is 0.369 e. The maximum absolute atomic E-state index is 12.5. The Bertz CT molecular complexity index is 741. The van der Waals surface area contributed by atoms with Gasteiger partial charge in [-0.2, -0.15) is 0 Å². The topological polar surface area (TPSA) is 53.5 Å². The van der Waals surface area contributed by atoms with E-state index in [9.17, 15) is 9.59 Å². The van der Waals surface area contributed by atoms with Crippen molar-refractivity contribution >= 4 is 28.3 Å². The van der Waals surface area contributed by atoms with Crippen LogP contribution in [0.5, 0.6) is 0 Å². The Morgan fingerprint density at radius 3 is 2.27 bits per heavy atom. The lowest BCUT2D eigenvalue weighted by atomic mass is 10.1. The van der Waals surface area contributed by atoms with E-state index in [-0.39, 0.29) is 10.9 Å². The highest BCUT2D eigenvalue weighted by molar-refractivity contribution is 8.13. The molecule has 5 nitrogen and oxygen atoms in total. The van der Waals surface area contributed by atoms with Gasteiger partial charge < -0.3 is 4.90 Å². The summed E-state index contributed by atoms with van der Waals surface area (Å²) in [5.41, 5.74) is 2.84. The van der Waals surface area contributed by atoms with Crippen LogP contribution in [0.4, 0.5) is 5.69 Å². The van der Waals surface area contributed by atoms with Crippen molar-refractivity contribution in [2.24, 2.45) is 0 Å². The second-order valence-electron chi connectivity index (χ2n) is 6.34. The minimum absolute atomic E-state index is 0.130. The Hall–Kier alpha value is -2.18. The van der Waals surface area contributed by atoms with Crippen molar-refractivity contribution in [3.8, 4) is 0 Å². The molecule has 0 spiro atoms. The highest BCUT2D eigenvalue weighted by Crippen LogP contribution is 2.15. The summed E-state index contributed by atoms with van der Waals surface area (Å²) in [6.45, 7) is 4.00. The Kier molecular flexibility index (Phi) is 6.41. The van der Waals surface area contributed by atoms with Crippen LogP contribution in [-0.2, 0) is 11.2 Å². The van der Waals surface area contributed by atoms with Crippen molar-refractivity contribution in [2.75, 3.05) is 43.9 Å². The zero-order valence-electron chi connectivity index (χ0n) is 14.9. The van der Waals surface area contributed by atoms with E-state index >= 15 is 0 Å². The number of anilines is 1. The normalized spacial score (nSPS) is 15.0. The van der Waals surface area contributed by atoms with Gasteiger partial charge in [0.1, 0.15) is 0 Å². The number of carbonyl (C=O) groups is 2. The van der Waals surface area contributed by atoms with Crippen LogP contribution >= 0.6 is 11.8 Å². The minimum Gasteiger partial charge on any atom is -0.369 e. The van der Waals surface area contributed by atoms with Gasteiger partial charge in [0.05, 0.1) is 6.54 Å². The Morgan fingerprint density at radius 1 is 1.00 bits per heavy atom. The third-order valence-electron chi connectivity index (χ3n) is 4.62. The fraction of sp³-hybridized carbons (Fsp3) is 0.350. The van der Waals surface area contributed by atoms with Gasteiger partial charge >= 0.3 is 0 Å². The Balaban J connectivity index is 1.50. The zero-order chi connectivity index (χ0) is 18.4. The summed E-state index contributed by atoms with van der Waals surface area (Å²) >= 11 is 1.23. The summed E-state index contributed by atoms with van der Waals surface area (Å²) in [6.07, 6.45) is 5.81. The van der Waals surface area contributed by atoms with Gasteiger partial charge in [-0.15, -0.1) is 0 Å². The van der Waals surface area contributed by atoms with Gasteiger partial charge in [0.2, 0.25) is 0 Å². The molecule has 6 heteroatoms. The van der Waals surface area contributed by atoms with Crippen LogP contribution in [-0.4, -0.2) is 59.8 Å². The molecule has 1 aliphatic heterocycles. The van der Waals surface area contributed by atoms with Gasteiger partial charge in [0.15, 0.2) is 10.9 Å². The summed E-state index contributed by atoms with van der Waals surface area (Å²) < 4.78 is 0. The second kappa shape index (κ2) is 8.96. The molecule has 0 bridgehead atoms. The van der Waals surface area contributed by atoms with Crippen LogP contribution in [0.15, 0.2) is 48.8 Å². The van der Waals surface area contributed by atoms with Gasteiger partial charge in [-0.1, -0.05) is 36.0 Å². The smallest absolute Gasteiger partial charge is 0.193 e. The number of ketones is 1. The van der Waals surface area contributed by atoms with Crippen molar-refractivity contribution < 1.29 is 9.59 Å². The van der Waals surface area contributed by atoms with Crippen LogP contribution in [0.1, 0.15) is 15.9 Å². The molecule has 2 heterocycles. The fourth-order valence-corrected chi connectivity index (χ4v) is 3.37. The van der Waals surface area contributed by atoms with Gasteiger partial charge in [-0.25, -0.2) is 0 Å². The van der Waals surface area contributed by atoms with E-state index in [1.807, 2.05) is 48.8 Å². The first-order valence-corrected chi connectivity index (χ1v) is 9.94. The summed E-state index contributed by atoms with van der Waals surface area (Å²) in [7, 11) is 0. The number of hydrogen-bond donors (Lipinski definition) is 0. The fourth-order valence-electron chi connectivity index (χ4n) is 3.06. The number of hydrogen-bond acceptors (Lipinski definition) is 6. The number of nitrogens with zero attached hydrogens (tertiary/aromatic N) is 3. The van der Waals surface area contributed by atoms with Crippen molar-refractivity contribution in [1.82, 2.24) is 9.88 Å². The van der Waals surface area contributed by atoms with Crippen LogP contribution in [0.25, 0.3) is 0 Å². The molecule has 3 rings (SSSR count). The van der Waals surface area contributed by atoms with Crippen molar-refractivity contribution in [3.63, 3.8) is 0 Å². The number of piperazine rings is 1. The quantitative estimate of drug-likeness (QED) is 0.730. The van der Waals surface area contributed by atoms with E-state index in [1.165, 1.54) is 17.4 Å². The van der Waals surface area contributed by atoms with Crippen molar-refractivity contribution in [3.05, 3.63) is 59.9 Å². The zero-order valence-corrected chi connectivity index (χ0v) is 15.7. The van der Waals surface area contributed by atoms with Crippen LogP contribution in [0.2, 0.25) is 0 Å². The predicted molar refractivity (Wildman–Crippen MR) is 106 cm³/mol. The SMILES string of the molecule is CSC(=O)Cc1ccc(C(=O)CN2CCN(c3ccncc3)CC2)cc1. The van der Waals surface area contributed by atoms with E-state index in [0.717, 1.165) is 31.7 Å². The number of thioether (sulfide) groups is 1. The van der Waals surface area contributed by atoms with Gasteiger partial charge in [-0.05, 0) is 24.0 Å². The third-order valence-corrected chi connectivity index (χ3v) is 5.22. The van der Waals surface area contributed by atoms with Gasteiger partial charge in [0.25, 0.3) is 0 Å². The van der Waals surface area contributed by atoms with E-state index < -0.39 is 0 Å². The van der Waals surface area contributed by atoms with Gasteiger partial charge in [-0.3, -0.25) is 19.5 Å². The molecule has 1 saturated heterocycles. The maximum atomic E-state index is 12.5. The first kappa shape index (κ1) is 18.6. The first-order valence-electron chi connectivity index (χ1n) is 8.72. The molecule has 26 heavy (non-hydrogen) atoms. The van der Waals surface area contributed by atoms with E-state index in [0.29, 0.717) is 18.5 Å².